The molecular formula is C30H24Cl4N6P2S2. The van der Waals surface area contributed by atoms with Crippen molar-refractivity contribution >= 4 is 101 Å². The van der Waals surface area contributed by atoms with E-state index in [9.17, 15) is 0 Å². The summed E-state index contributed by atoms with van der Waals surface area (Å²) < 4.78 is 3.48. The molecule has 2 aromatic heterocycles. The van der Waals surface area contributed by atoms with Crippen LogP contribution in [0.2, 0.25) is 0 Å². The predicted molar refractivity (Wildman–Crippen MR) is 197 cm³/mol. The zero-order valence-electron chi connectivity index (χ0n) is 22.7. The second-order valence-electron chi connectivity index (χ2n) is 9.93. The van der Waals surface area contributed by atoms with Crippen molar-refractivity contribution in [2.75, 3.05) is 19.1 Å². The van der Waals surface area contributed by atoms with E-state index in [1.807, 2.05) is 132 Å². The summed E-state index contributed by atoms with van der Waals surface area (Å²) >= 11 is 34.0. The Morgan fingerprint density at radius 1 is 0.477 bits per heavy atom. The average Bonchev–Trinajstić information content (AvgIpc) is 3.68. The molecule has 3 heterocycles. The zero-order chi connectivity index (χ0) is 30.5. The van der Waals surface area contributed by atoms with Crippen LogP contribution in [0.25, 0.3) is 22.5 Å². The number of para-hydroxylation sites is 2. The standard InChI is InChI=1S/C30H24Cl4N6P2S2/c31-41(32,37-29-35-27(21-43-29)23-13-5-1-6-14-23)39(25-17-9-3-10-18-25)42(33,34,40(41)26-19-11-4-12-20-26)38-30-36-28(22-44-30)24-15-7-2-8-16-24/h1-22H,(H,35,37)(H,36,38). The molecule has 1 aliphatic heterocycles. The van der Waals surface area contributed by atoms with Gasteiger partial charge < -0.3 is 0 Å². The number of nitrogens with zero attached hydrogens (tertiary/aromatic N) is 4. The van der Waals surface area contributed by atoms with Gasteiger partial charge in [0, 0.05) is 0 Å². The van der Waals surface area contributed by atoms with E-state index in [-0.39, 0.29) is 0 Å². The molecule has 44 heavy (non-hydrogen) atoms. The Morgan fingerprint density at radius 2 is 0.795 bits per heavy atom. The first kappa shape index (κ1) is 30.0. The van der Waals surface area contributed by atoms with Crippen LogP contribution in [-0.2, 0) is 0 Å². The number of benzene rings is 4. The fourth-order valence-electron chi connectivity index (χ4n) is 5.20. The Hall–Kier alpha value is -2.64. The van der Waals surface area contributed by atoms with Crippen LogP contribution in [0.4, 0.5) is 21.6 Å². The monoisotopic (exact) mass is 734 g/mol. The van der Waals surface area contributed by atoms with Crippen LogP contribution < -0.4 is 19.1 Å². The molecule has 0 amide bonds. The molecule has 1 aliphatic rings. The van der Waals surface area contributed by atoms with Crippen molar-refractivity contribution in [3.05, 3.63) is 132 Å². The molecular weight excluding hydrogens is 712 g/mol. The van der Waals surface area contributed by atoms with Gasteiger partial charge in [0.1, 0.15) is 0 Å². The Bertz CT molecular complexity index is 1770. The summed E-state index contributed by atoms with van der Waals surface area (Å²) in [7, 11) is 0. The second kappa shape index (κ2) is 11.0. The maximum absolute atomic E-state index is 7.81. The summed E-state index contributed by atoms with van der Waals surface area (Å²) in [5.74, 6) is -8.97. The maximum atomic E-state index is 7.81. The van der Waals surface area contributed by atoms with Gasteiger partial charge in [-0.25, -0.2) is 0 Å². The third kappa shape index (κ3) is 5.02. The first-order valence-corrected chi connectivity index (χ1v) is 23.0. The molecule has 224 valence electrons. The third-order valence-corrected chi connectivity index (χ3v) is 24.8. The van der Waals surface area contributed by atoms with Crippen molar-refractivity contribution in [1.29, 1.82) is 0 Å². The predicted octanol–water partition coefficient (Wildman–Crippen LogP) is 12.7. The van der Waals surface area contributed by atoms with Crippen LogP contribution in [-0.4, -0.2) is 9.97 Å². The van der Waals surface area contributed by atoms with Crippen molar-refractivity contribution < 1.29 is 0 Å². The van der Waals surface area contributed by atoms with Crippen LogP contribution in [0.15, 0.2) is 132 Å². The fraction of sp³-hybridized carbons (Fsp3) is 0. The fourth-order valence-corrected chi connectivity index (χ4v) is 32.1. The number of hydrogen-bond donors (Lipinski definition) is 2. The van der Waals surface area contributed by atoms with Gasteiger partial charge in [0.05, 0.1) is 0 Å². The van der Waals surface area contributed by atoms with Gasteiger partial charge in [-0.05, 0) is 0 Å². The summed E-state index contributed by atoms with van der Waals surface area (Å²) in [6.07, 6.45) is 0. The zero-order valence-corrected chi connectivity index (χ0v) is 29.2. The number of anilines is 4. The molecule has 0 saturated carbocycles. The van der Waals surface area contributed by atoms with Crippen LogP contribution in [0.1, 0.15) is 0 Å². The number of rotatable bonds is 8. The molecule has 0 bridgehead atoms. The minimum atomic E-state index is -4.49. The summed E-state index contributed by atoms with van der Waals surface area (Å²) in [6, 6.07) is 38.8. The SMILES string of the molecule is ClP1(Cl)(Nc2nc(-c3ccccc3)cs2)N(c2ccccc2)P(Cl)(Cl)(Nc2nc(-c3ccccc3)cs2)N1c1ccccc1. The van der Waals surface area contributed by atoms with Crippen molar-refractivity contribution in [1.82, 2.24) is 9.97 Å². The number of hydrogen-bond acceptors (Lipinski definition) is 8. The molecule has 0 spiro atoms. The van der Waals surface area contributed by atoms with Gasteiger partial charge in [-0.2, -0.15) is 0 Å². The number of thiazole rings is 2. The van der Waals surface area contributed by atoms with Crippen LogP contribution in [0.5, 0.6) is 0 Å². The molecule has 6 nitrogen and oxygen atoms in total. The molecule has 2 N–H and O–H groups in total. The van der Waals surface area contributed by atoms with Gasteiger partial charge >= 0.3 is 284 Å². The Kier molecular flexibility index (Phi) is 7.52. The van der Waals surface area contributed by atoms with Crippen LogP contribution in [0, 0.1) is 0 Å². The van der Waals surface area contributed by atoms with E-state index in [4.69, 9.17) is 54.9 Å². The summed E-state index contributed by atoms with van der Waals surface area (Å²) in [4.78, 5) is 9.71. The molecule has 0 unspecified atom stereocenters. The van der Waals surface area contributed by atoms with Gasteiger partial charge in [0.25, 0.3) is 0 Å². The topological polar surface area (TPSA) is 56.3 Å². The van der Waals surface area contributed by atoms with Gasteiger partial charge in [-0.1, -0.05) is 0 Å². The molecule has 0 atom stereocenters. The van der Waals surface area contributed by atoms with Gasteiger partial charge in [-0.15, -0.1) is 0 Å². The Balaban J connectivity index is 1.37. The van der Waals surface area contributed by atoms with Crippen LogP contribution in [0.3, 0.4) is 0 Å². The average molecular weight is 736 g/mol. The van der Waals surface area contributed by atoms with E-state index in [1.54, 1.807) is 8.88 Å². The number of nitrogens with one attached hydrogen (secondary N) is 2. The van der Waals surface area contributed by atoms with E-state index in [1.165, 1.54) is 22.7 Å². The molecule has 6 aromatic rings. The Labute approximate surface area is 282 Å². The normalized spacial score (nSPS) is 19.4. The van der Waals surface area contributed by atoms with Gasteiger partial charge in [0.15, 0.2) is 0 Å². The molecule has 14 heteroatoms. The first-order valence-electron chi connectivity index (χ1n) is 13.4. The van der Waals surface area contributed by atoms with Crippen molar-refractivity contribution in [2.24, 2.45) is 0 Å². The van der Waals surface area contributed by atoms with E-state index >= 15 is 0 Å². The number of halogens is 4. The third-order valence-electron chi connectivity index (χ3n) is 6.97. The van der Waals surface area contributed by atoms with E-state index in [0.717, 1.165) is 22.5 Å². The van der Waals surface area contributed by atoms with E-state index in [0.29, 0.717) is 21.6 Å². The summed E-state index contributed by atoms with van der Waals surface area (Å²) in [5, 5.41) is 11.9. The van der Waals surface area contributed by atoms with Crippen molar-refractivity contribution in [2.45, 2.75) is 0 Å². The molecule has 1 saturated heterocycles. The molecule has 4 aromatic carbocycles. The number of aromatic nitrogens is 2. The minimum absolute atomic E-state index is 0.528. The molecule has 0 radical (unpaired) electrons. The summed E-state index contributed by atoms with van der Waals surface area (Å²) in [6.45, 7) is 0. The molecule has 1 fully saturated rings. The van der Waals surface area contributed by atoms with Gasteiger partial charge in [0.2, 0.25) is 0 Å². The Morgan fingerprint density at radius 3 is 1.14 bits per heavy atom. The second-order valence-corrected chi connectivity index (χ2v) is 26.3. The van der Waals surface area contributed by atoms with E-state index in [2.05, 4.69) is 10.2 Å². The van der Waals surface area contributed by atoms with E-state index < -0.39 is 11.5 Å². The summed E-state index contributed by atoms with van der Waals surface area (Å²) in [5.41, 5.74) is 4.84. The van der Waals surface area contributed by atoms with Crippen molar-refractivity contribution in [3.63, 3.8) is 0 Å². The quantitative estimate of drug-likeness (QED) is 0.152. The van der Waals surface area contributed by atoms with Crippen LogP contribution >= 0.6 is 79.2 Å². The van der Waals surface area contributed by atoms with Gasteiger partial charge in [-0.3, -0.25) is 0 Å². The van der Waals surface area contributed by atoms with Crippen molar-refractivity contribution in [3.8, 4) is 22.5 Å². The molecule has 0 aliphatic carbocycles. The first-order chi connectivity index (χ1) is 21.1. The molecule has 7 rings (SSSR count).